The fourth-order valence-electron chi connectivity index (χ4n) is 3.13. The van der Waals surface area contributed by atoms with Gasteiger partial charge in [0.05, 0.1) is 13.7 Å². The number of aromatic amines is 1. The third-order valence-electron chi connectivity index (χ3n) is 4.46. The molecule has 2 aromatic rings. The van der Waals surface area contributed by atoms with E-state index in [4.69, 9.17) is 14.6 Å². The van der Waals surface area contributed by atoms with Gasteiger partial charge in [0.2, 0.25) is 0 Å². The zero-order valence-corrected chi connectivity index (χ0v) is 14.3. The van der Waals surface area contributed by atoms with Crippen LogP contribution in [0.15, 0.2) is 30.3 Å². The number of aromatic nitrogens is 1. The Morgan fingerprint density at radius 1 is 1.30 bits per heavy atom. The Kier molecular flexibility index (Phi) is 5.29. The second kappa shape index (κ2) is 7.49. The molecule has 1 aromatic carbocycles. The molecule has 144 valence electrons. The second-order valence-corrected chi connectivity index (χ2v) is 6.08. The van der Waals surface area contributed by atoms with Crippen LogP contribution in [0.25, 0.3) is 11.1 Å². The Morgan fingerprint density at radius 3 is 2.56 bits per heavy atom. The number of carbonyl (C=O) groups excluding carboxylic acids is 2. The number of H-pyrrole nitrogens is 1. The summed E-state index contributed by atoms with van der Waals surface area (Å²) in [6.07, 6.45) is -6.45. The second-order valence-electron chi connectivity index (χ2n) is 6.08. The Balaban J connectivity index is 2.19. The van der Waals surface area contributed by atoms with E-state index in [0.29, 0.717) is 5.56 Å². The zero-order chi connectivity index (χ0) is 19.7. The summed E-state index contributed by atoms with van der Waals surface area (Å²) in [4.78, 5) is 27.2. The normalized spacial score (nSPS) is 21.1. The summed E-state index contributed by atoms with van der Waals surface area (Å²) in [5.41, 5.74) is 0.607. The molecule has 0 amide bonds. The molecule has 1 aliphatic heterocycles. The van der Waals surface area contributed by atoms with Crippen LogP contribution in [0.3, 0.4) is 0 Å². The van der Waals surface area contributed by atoms with Crippen molar-refractivity contribution in [1.82, 2.24) is 4.98 Å². The Labute approximate surface area is 153 Å². The first-order valence-corrected chi connectivity index (χ1v) is 8.16. The topological polar surface area (TPSA) is 149 Å². The first-order valence-electron chi connectivity index (χ1n) is 8.16. The highest BCUT2D eigenvalue weighted by Crippen LogP contribution is 2.41. The summed E-state index contributed by atoms with van der Waals surface area (Å²) in [5.74, 6) is -1.67. The molecule has 0 bridgehead atoms. The summed E-state index contributed by atoms with van der Waals surface area (Å²) in [5, 5.41) is 39.6. The number of methoxy groups -OCH3 is 1. The van der Waals surface area contributed by atoms with Gasteiger partial charge in [-0.1, -0.05) is 30.3 Å². The maximum absolute atomic E-state index is 12.4. The van der Waals surface area contributed by atoms with E-state index in [2.05, 4.69) is 4.98 Å². The average Bonchev–Trinajstić information content (AvgIpc) is 3.11. The fourth-order valence-corrected chi connectivity index (χ4v) is 3.13. The number of aliphatic hydroxyl groups excluding tert-OH is 4. The van der Waals surface area contributed by atoms with Crippen LogP contribution >= 0.6 is 0 Å². The molecule has 0 aliphatic carbocycles. The standard InChI is InChI=1S/C18H19NO8/c1-26-17(24)12-10(8-5-3-2-4-6-8)11-13(19-12)18(25)27-16(15(11)23)14(22)9(21)7-20/h2-6,9,14-16,19-23H,7H2,1H3. The molecule has 4 unspecified atom stereocenters. The molecule has 5 N–H and O–H groups in total. The molecular formula is C18H19NO8. The lowest BCUT2D eigenvalue weighted by molar-refractivity contribution is -0.126. The molecule has 1 aliphatic rings. The van der Waals surface area contributed by atoms with E-state index in [0.717, 1.165) is 0 Å². The van der Waals surface area contributed by atoms with Crippen molar-refractivity contribution in [2.24, 2.45) is 0 Å². The van der Waals surface area contributed by atoms with Gasteiger partial charge in [0, 0.05) is 11.1 Å². The van der Waals surface area contributed by atoms with Crippen LogP contribution in [-0.4, -0.2) is 69.4 Å². The molecule has 9 nitrogen and oxygen atoms in total. The Bertz CT molecular complexity index is 847. The number of nitrogens with one attached hydrogen (secondary N) is 1. The molecule has 0 spiro atoms. The minimum absolute atomic E-state index is 0.0482. The van der Waals surface area contributed by atoms with E-state index < -0.39 is 43.0 Å². The van der Waals surface area contributed by atoms with Gasteiger partial charge in [-0.05, 0) is 5.56 Å². The molecule has 3 rings (SSSR count). The van der Waals surface area contributed by atoms with Gasteiger partial charge in [-0.2, -0.15) is 0 Å². The number of hydrogen-bond acceptors (Lipinski definition) is 8. The van der Waals surface area contributed by atoms with Crippen molar-refractivity contribution in [2.75, 3.05) is 13.7 Å². The number of carbonyl (C=O) groups is 2. The third kappa shape index (κ3) is 3.21. The van der Waals surface area contributed by atoms with E-state index in [9.17, 15) is 24.9 Å². The summed E-state index contributed by atoms with van der Waals surface area (Å²) in [6.45, 7) is -0.791. The molecule has 9 heteroatoms. The Morgan fingerprint density at radius 2 is 1.96 bits per heavy atom. The van der Waals surface area contributed by atoms with E-state index >= 15 is 0 Å². The molecule has 0 saturated heterocycles. The van der Waals surface area contributed by atoms with Crippen LogP contribution in [-0.2, 0) is 9.47 Å². The lowest BCUT2D eigenvalue weighted by atomic mass is 9.89. The number of ether oxygens (including phenoxy) is 2. The number of cyclic esters (lactones) is 1. The van der Waals surface area contributed by atoms with Crippen molar-refractivity contribution in [3.05, 3.63) is 47.3 Å². The van der Waals surface area contributed by atoms with Gasteiger partial charge in [-0.25, -0.2) is 9.59 Å². The van der Waals surface area contributed by atoms with Gasteiger partial charge in [-0.3, -0.25) is 0 Å². The molecule has 2 heterocycles. The van der Waals surface area contributed by atoms with E-state index in [1.165, 1.54) is 7.11 Å². The van der Waals surface area contributed by atoms with E-state index in [1.54, 1.807) is 30.3 Å². The van der Waals surface area contributed by atoms with Gasteiger partial charge < -0.3 is 34.9 Å². The minimum Gasteiger partial charge on any atom is -0.464 e. The van der Waals surface area contributed by atoms with Crippen molar-refractivity contribution in [3.63, 3.8) is 0 Å². The fraction of sp³-hybridized carbons (Fsp3) is 0.333. The van der Waals surface area contributed by atoms with Gasteiger partial charge >= 0.3 is 11.9 Å². The molecule has 0 radical (unpaired) electrons. The number of aliphatic hydroxyl groups is 4. The van der Waals surface area contributed by atoms with Crippen molar-refractivity contribution >= 4 is 11.9 Å². The minimum atomic E-state index is -1.73. The summed E-state index contributed by atoms with van der Waals surface area (Å²) < 4.78 is 9.78. The Hall–Kier alpha value is -2.72. The van der Waals surface area contributed by atoms with Crippen LogP contribution in [0.4, 0.5) is 0 Å². The van der Waals surface area contributed by atoms with Gasteiger partial charge in [0.1, 0.15) is 29.7 Å². The first-order chi connectivity index (χ1) is 12.9. The summed E-state index contributed by atoms with van der Waals surface area (Å²) in [6, 6.07) is 8.54. The third-order valence-corrected chi connectivity index (χ3v) is 4.46. The molecule has 4 atom stereocenters. The molecular weight excluding hydrogens is 358 g/mol. The SMILES string of the molecule is COC(=O)c1[nH]c2c(c1-c1ccccc1)C(O)C(C(O)C(O)CO)OC2=O. The lowest BCUT2D eigenvalue weighted by Crippen LogP contribution is -2.47. The highest BCUT2D eigenvalue weighted by Gasteiger charge is 2.45. The first kappa shape index (κ1) is 19.1. The van der Waals surface area contributed by atoms with Crippen molar-refractivity contribution in [2.45, 2.75) is 24.4 Å². The van der Waals surface area contributed by atoms with E-state index in [1.807, 2.05) is 0 Å². The van der Waals surface area contributed by atoms with Crippen LogP contribution in [0.1, 0.15) is 32.6 Å². The molecule has 27 heavy (non-hydrogen) atoms. The maximum atomic E-state index is 12.4. The van der Waals surface area contributed by atoms with E-state index in [-0.39, 0.29) is 22.5 Å². The predicted molar refractivity (Wildman–Crippen MR) is 90.8 cm³/mol. The number of fused-ring (bicyclic) bond motifs is 1. The smallest absolute Gasteiger partial charge is 0.355 e. The van der Waals surface area contributed by atoms with Gasteiger partial charge in [0.15, 0.2) is 6.10 Å². The highest BCUT2D eigenvalue weighted by molar-refractivity contribution is 6.02. The average molecular weight is 377 g/mol. The molecule has 0 fully saturated rings. The van der Waals surface area contributed by atoms with Crippen LogP contribution < -0.4 is 0 Å². The van der Waals surface area contributed by atoms with Gasteiger partial charge in [-0.15, -0.1) is 0 Å². The maximum Gasteiger partial charge on any atom is 0.355 e. The van der Waals surface area contributed by atoms with Gasteiger partial charge in [0.25, 0.3) is 0 Å². The molecule has 0 saturated carbocycles. The zero-order valence-electron chi connectivity index (χ0n) is 14.3. The number of hydrogen-bond donors (Lipinski definition) is 5. The number of rotatable bonds is 5. The monoisotopic (exact) mass is 377 g/mol. The van der Waals surface area contributed by atoms with Crippen LogP contribution in [0.5, 0.6) is 0 Å². The molecule has 1 aromatic heterocycles. The van der Waals surface area contributed by atoms with Crippen molar-refractivity contribution in [1.29, 1.82) is 0 Å². The summed E-state index contributed by atoms with van der Waals surface area (Å²) in [7, 11) is 1.18. The largest absolute Gasteiger partial charge is 0.464 e. The van der Waals surface area contributed by atoms with Crippen LogP contribution in [0.2, 0.25) is 0 Å². The van der Waals surface area contributed by atoms with Crippen LogP contribution in [0, 0.1) is 0 Å². The van der Waals surface area contributed by atoms with Crippen molar-refractivity contribution in [3.8, 4) is 11.1 Å². The number of benzene rings is 1. The highest BCUT2D eigenvalue weighted by atomic mass is 16.6. The quantitative estimate of drug-likeness (QED) is 0.448. The summed E-state index contributed by atoms with van der Waals surface area (Å²) >= 11 is 0. The van der Waals surface area contributed by atoms with Crippen molar-refractivity contribution < 1.29 is 39.5 Å². The lowest BCUT2D eigenvalue weighted by Gasteiger charge is -2.33. The number of esters is 2. The predicted octanol–water partition coefficient (Wildman–Crippen LogP) is -0.245.